The van der Waals surface area contributed by atoms with Crippen LogP contribution in [0.25, 0.3) is 5.57 Å². The van der Waals surface area contributed by atoms with Crippen molar-refractivity contribution in [3.63, 3.8) is 0 Å². The zero-order valence-corrected chi connectivity index (χ0v) is 22.2. The summed E-state index contributed by atoms with van der Waals surface area (Å²) in [6.45, 7) is 11.3. The number of aryl methyl sites for hydroxylation is 3. The third kappa shape index (κ3) is 8.01. The number of benzene rings is 3. The summed E-state index contributed by atoms with van der Waals surface area (Å²) in [6.07, 6.45) is 12.3. The molecule has 0 unspecified atom stereocenters. The third-order valence-electron chi connectivity index (χ3n) is 7.54. The van der Waals surface area contributed by atoms with Crippen LogP contribution in [0.3, 0.4) is 0 Å². The lowest BCUT2D eigenvalue weighted by Gasteiger charge is -2.11. The van der Waals surface area contributed by atoms with Crippen LogP contribution in [0.15, 0.2) is 72.8 Å². The van der Waals surface area contributed by atoms with E-state index < -0.39 is 0 Å². The number of hydrogen-bond donors (Lipinski definition) is 0. The van der Waals surface area contributed by atoms with Crippen LogP contribution in [-0.2, 0) is 19.3 Å². The van der Waals surface area contributed by atoms with Crippen LogP contribution in [-0.4, -0.2) is 0 Å². The molecule has 180 valence electrons. The summed E-state index contributed by atoms with van der Waals surface area (Å²) in [4.78, 5) is 0. The van der Waals surface area contributed by atoms with Gasteiger partial charge in [0.25, 0.3) is 0 Å². The first-order valence-corrected chi connectivity index (χ1v) is 13.4. The average Bonchev–Trinajstić information content (AvgIpc) is 2.86. The Morgan fingerprint density at radius 1 is 0.706 bits per heavy atom. The standard InChI is InChI=1S/C34H44/c1-6-29(7-2)10-8-9-11-30-20-22-34(23-21-30)27(4)13-14-31-16-18-32(19-17-31)25-33-15-12-26(3)28(5)24-33/h12-13,15-24,29H,6-11,14,25H2,1-5H3/b27-13+. The molecule has 0 saturated carbocycles. The predicted molar refractivity (Wildman–Crippen MR) is 151 cm³/mol. The van der Waals surface area contributed by atoms with E-state index in [2.05, 4.69) is 107 Å². The van der Waals surface area contributed by atoms with Crippen LogP contribution >= 0.6 is 0 Å². The Hall–Kier alpha value is -2.60. The fourth-order valence-electron chi connectivity index (χ4n) is 4.72. The molecule has 0 aromatic heterocycles. The second kappa shape index (κ2) is 13.3. The summed E-state index contributed by atoms with van der Waals surface area (Å²) in [5.74, 6) is 0.920. The van der Waals surface area contributed by atoms with Crippen molar-refractivity contribution in [2.75, 3.05) is 0 Å². The molecule has 0 spiro atoms. The molecular formula is C34H44. The maximum absolute atomic E-state index is 2.36. The highest BCUT2D eigenvalue weighted by Gasteiger charge is 2.04. The maximum Gasteiger partial charge on any atom is -0.00257 e. The molecule has 0 aliphatic heterocycles. The van der Waals surface area contributed by atoms with Gasteiger partial charge in [0.1, 0.15) is 0 Å². The maximum atomic E-state index is 2.36. The van der Waals surface area contributed by atoms with Gasteiger partial charge in [-0.1, -0.05) is 112 Å². The van der Waals surface area contributed by atoms with Crippen molar-refractivity contribution in [2.24, 2.45) is 5.92 Å². The number of unbranched alkanes of at least 4 members (excludes halogenated alkanes) is 1. The minimum Gasteiger partial charge on any atom is -0.0766 e. The van der Waals surface area contributed by atoms with Crippen molar-refractivity contribution in [1.82, 2.24) is 0 Å². The van der Waals surface area contributed by atoms with E-state index in [1.54, 1.807) is 0 Å². The van der Waals surface area contributed by atoms with E-state index in [1.165, 1.54) is 83.0 Å². The summed E-state index contributed by atoms with van der Waals surface area (Å²) in [6, 6.07) is 25.2. The lowest BCUT2D eigenvalue weighted by atomic mass is 9.95. The van der Waals surface area contributed by atoms with Gasteiger partial charge in [-0.25, -0.2) is 0 Å². The lowest BCUT2D eigenvalue weighted by Crippen LogP contribution is -1.97. The molecular weight excluding hydrogens is 408 g/mol. The number of allylic oxidation sites excluding steroid dienone is 2. The van der Waals surface area contributed by atoms with Crippen molar-refractivity contribution in [3.05, 3.63) is 112 Å². The highest BCUT2D eigenvalue weighted by atomic mass is 14.1. The molecule has 34 heavy (non-hydrogen) atoms. The van der Waals surface area contributed by atoms with Crippen LogP contribution in [0.2, 0.25) is 0 Å². The molecule has 0 nitrogen and oxygen atoms in total. The van der Waals surface area contributed by atoms with Crippen molar-refractivity contribution in [2.45, 2.75) is 86.0 Å². The van der Waals surface area contributed by atoms with Crippen molar-refractivity contribution in [1.29, 1.82) is 0 Å². The monoisotopic (exact) mass is 452 g/mol. The SMILES string of the molecule is CCC(CC)CCCCc1ccc(/C(C)=C/Cc2ccc(Cc3ccc(C)c(C)c3)cc2)cc1. The fraction of sp³-hybridized carbons (Fsp3) is 0.412. The van der Waals surface area contributed by atoms with Crippen molar-refractivity contribution in [3.8, 4) is 0 Å². The van der Waals surface area contributed by atoms with Gasteiger partial charge in [0, 0.05) is 0 Å². The zero-order valence-electron chi connectivity index (χ0n) is 22.2. The molecule has 3 aromatic carbocycles. The van der Waals surface area contributed by atoms with Gasteiger partial charge >= 0.3 is 0 Å². The molecule has 0 amide bonds. The second-order valence-electron chi connectivity index (χ2n) is 10.1. The van der Waals surface area contributed by atoms with E-state index in [-0.39, 0.29) is 0 Å². The van der Waals surface area contributed by atoms with E-state index in [4.69, 9.17) is 0 Å². The van der Waals surface area contributed by atoms with E-state index >= 15 is 0 Å². The first-order valence-electron chi connectivity index (χ1n) is 13.4. The molecule has 0 saturated heterocycles. The van der Waals surface area contributed by atoms with Gasteiger partial charge in [-0.2, -0.15) is 0 Å². The largest absolute Gasteiger partial charge is 0.0766 e. The van der Waals surface area contributed by atoms with E-state index in [0.717, 1.165) is 18.8 Å². The average molecular weight is 453 g/mol. The highest BCUT2D eigenvalue weighted by Crippen LogP contribution is 2.20. The van der Waals surface area contributed by atoms with E-state index in [0.29, 0.717) is 0 Å². The van der Waals surface area contributed by atoms with Crippen molar-refractivity contribution >= 4 is 5.57 Å². The van der Waals surface area contributed by atoms with Crippen LogP contribution in [0.4, 0.5) is 0 Å². The zero-order chi connectivity index (χ0) is 24.3. The Kier molecular flexibility index (Phi) is 10.2. The summed E-state index contributed by atoms with van der Waals surface area (Å²) >= 11 is 0. The number of hydrogen-bond acceptors (Lipinski definition) is 0. The second-order valence-corrected chi connectivity index (χ2v) is 10.1. The predicted octanol–water partition coefficient (Wildman–Crippen LogP) is 9.69. The van der Waals surface area contributed by atoms with Crippen LogP contribution < -0.4 is 0 Å². The van der Waals surface area contributed by atoms with E-state index in [9.17, 15) is 0 Å². The Bertz CT molecular complexity index is 1030. The minimum absolute atomic E-state index is 0.920. The van der Waals surface area contributed by atoms with Crippen LogP contribution in [0, 0.1) is 19.8 Å². The molecule has 0 bridgehead atoms. The fourth-order valence-corrected chi connectivity index (χ4v) is 4.72. The van der Waals surface area contributed by atoms with E-state index in [1.807, 2.05) is 0 Å². The Labute approximate surface area is 209 Å². The first kappa shape index (κ1) is 26.0. The molecule has 3 aromatic rings. The first-order chi connectivity index (χ1) is 16.5. The van der Waals surface area contributed by atoms with Crippen LogP contribution in [0.1, 0.15) is 91.8 Å². The Morgan fingerprint density at radius 2 is 1.32 bits per heavy atom. The molecule has 0 N–H and O–H groups in total. The molecule has 0 heterocycles. The summed E-state index contributed by atoms with van der Waals surface area (Å²) in [5.41, 5.74) is 11.1. The van der Waals surface area contributed by atoms with Gasteiger partial charge in [-0.15, -0.1) is 0 Å². The summed E-state index contributed by atoms with van der Waals surface area (Å²) in [5, 5.41) is 0. The summed E-state index contributed by atoms with van der Waals surface area (Å²) in [7, 11) is 0. The third-order valence-corrected chi connectivity index (χ3v) is 7.54. The van der Waals surface area contributed by atoms with Crippen LogP contribution in [0.5, 0.6) is 0 Å². The van der Waals surface area contributed by atoms with Gasteiger partial charge < -0.3 is 0 Å². The topological polar surface area (TPSA) is 0 Å². The highest BCUT2D eigenvalue weighted by molar-refractivity contribution is 5.64. The summed E-state index contributed by atoms with van der Waals surface area (Å²) < 4.78 is 0. The van der Waals surface area contributed by atoms with Gasteiger partial charge in [0.2, 0.25) is 0 Å². The lowest BCUT2D eigenvalue weighted by molar-refractivity contribution is 0.434. The molecule has 0 fully saturated rings. The molecule has 0 heteroatoms. The number of rotatable bonds is 12. The Balaban J connectivity index is 1.48. The van der Waals surface area contributed by atoms with Gasteiger partial charge in [0.05, 0.1) is 0 Å². The normalized spacial score (nSPS) is 11.9. The quantitative estimate of drug-likeness (QED) is 0.240. The van der Waals surface area contributed by atoms with Gasteiger partial charge in [0.15, 0.2) is 0 Å². The molecule has 0 radical (unpaired) electrons. The minimum atomic E-state index is 0.920. The smallest absolute Gasteiger partial charge is 0.00257 e. The van der Waals surface area contributed by atoms with Crippen molar-refractivity contribution < 1.29 is 0 Å². The van der Waals surface area contributed by atoms with Gasteiger partial charge in [-0.05, 0) is 96.9 Å². The molecule has 3 rings (SSSR count). The van der Waals surface area contributed by atoms with Gasteiger partial charge in [-0.3, -0.25) is 0 Å². The molecule has 0 aliphatic carbocycles. The molecule has 0 atom stereocenters. The Morgan fingerprint density at radius 3 is 1.97 bits per heavy atom. The molecule has 0 aliphatic rings.